The lowest BCUT2D eigenvalue weighted by molar-refractivity contribution is 0.343. The molecule has 0 saturated carbocycles. The first kappa shape index (κ1) is 14.5. The zero-order chi connectivity index (χ0) is 13.7. The van der Waals surface area contributed by atoms with Crippen molar-refractivity contribution in [2.24, 2.45) is 7.05 Å². The van der Waals surface area contributed by atoms with Crippen LogP contribution in [0.4, 0.5) is 10.2 Å². The third-order valence-corrected chi connectivity index (χ3v) is 2.66. The summed E-state index contributed by atoms with van der Waals surface area (Å²) in [4.78, 5) is 17.2. The maximum atomic E-state index is 14.2. The number of rotatable bonds is 6. The Morgan fingerprint density at radius 3 is 2.33 bits per heavy atom. The molecule has 5 nitrogen and oxygen atoms in total. The molecule has 1 aromatic heterocycles. The third-order valence-electron chi connectivity index (χ3n) is 2.66. The van der Waals surface area contributed by atoms with Gasteiger partial charge in [-0.25, -0.2) is 4.79 Å². The van der Waals surface area contributed by atoms with E-state index < -0.39 is 11.5 Å². The van der Waals surface area contributed by atoms with Crippen molar-refractivity contribution in [1.29, 1.82) is 0 Å². The highest BCUT2D eigenvalue weighted by molar-refractivity contribution is 5.43. The number of halogens is 1. The number of ether oxygens (including phenoxy) is 1. The Bertz CT molecular complexity index is 453. The third kappa shape index (κ3) is 2.80. The molecule has 0 spiro atoms. The van der Waals surface area contributed by atoms with Crippen LogP contribution in [-0.2, 0) is 7.05 Å². The van der Waals surface area contributed by atoms with Gasteiger partial charge in [-0.05, 0) is 12.8 Å². The van der Waals surface area contributed by atoms with E-state index in [0.717, 1.165) is 17.4 Å². The molecule has 6 heteroatoms. The van der Waals surface area contributed by atoms with Crippen LogP contribution in [0.3, 0.4) is 0 Å². The first-order valence-corrected chi connectivity index (χ1v) is 6.12. The van der Waals surface area contributed by atoms with Crippen LogP contribution in [0, 0.1) is 5.82 Å². The van der Waals surface area contributed by atoms with Gasteiger partial charge in [-0.2, -0.15) is 9.37 Å². The Morgan fingerprint density at radius 1 is 1.33 bits per heavy atom. The van der Waals surface area contributed by atoms with Crippen molar-refractivity contribution in [3.05, 3.63) is 16.3 Å². The maximum absolute atomic E-state index is 14.2. The summed E-state index contributed by atoms with van der Waals surface area (Å²) >= 11 is 0. The van der Waals surface area contributed by atoms with Crippen LogP contribution in [-0.4, -0.2) is 29.8 Å². The summed E-state index contributed by atoms with van der Waals surface area (Å²) in [6.45, 7) is 5.32. The van der Waals surface area contributed by atoms with E-state index in [1.807, 2.05) is 13.8 Å². The molecule has 1 rings (SSSR count). The smallest absolute Gasteiger partial charge is 0.352 e. The molecule has 0 aliphatic carbocycles. The van der Waals surface area contributed by atoms with Crippen LogP contribution in [0.15, 0.2) is 4.79 Å². The fourth-order valence-electron chi connectivity index (χ4n) is 1.84. The summed E-state index contributed by atoms with van der Waals surface area (Å²) in [5.74, 6) is -0.581. The van der Waals surface area contributed by atoms with Crippen molar-refractivity contribution in [3.8, 4) is 5.88 Å². The second-order valence-corrected chi connectivity index (χ2v) is 4.09. The second kappa shape index (κ2) is 6.37. The minimum atomic E-state index is -0.582. The Kier molecular flexibility index (Phi) is 5.12. The predicted molar refractivity (Wildman–Crippen MR) is 68.8 cm³/mol. The van der Waals surface area contributed by atoms with Gasteiger partial charge in [-0.15, -0.1) is 0 Å². The van der Waals surface area contributed by atoms with Gasteiger partial charge in [-0.1, -0.05) is 13.8 Å². The van der Waals surface area contributed by atoms with Crippen LogP contribution in [0.5, 0.6) is 5.88 Å². The molecule has 0 bridgehead atoms. The Morgan fingerprint density at radius 2 is 1.89 bits per heavy atom. The largest absolute Gasteiger partial charge is 0.480 e. The molecule has 102 valence electrons. The van der Waals surface area contributed by atoms with Crippen molar-refractivity contribution in [3.63, 3.8) is 0 Å². The lowest BCUT2D eigenvalue weighted by Crippen LogP contribution is -2.32. The Hall–Kier alpha value is -1.59. The minimum Gasteiger partial charge on any atom is -0.480 e. The van der Waals surface area contributed by atoms with Crippen LogP contribution in [0.2, 0.25) is 0 Å². The van der Waals surface area contributed by atoms with E-state index in [4.69, 9.17) is 4.74 Å². The fourth-order valence-corrected chi connectivity index (χ4v) is 1.84. The molecular formula is C12H20FN3O2. The Labute approximate surface area is 106 Å². The number of hydrogen-bond acceptors (Lipinski definition) is 4. The van der Waals surface area contributed by atoms with Crippen molar-refractivity contribution in [2.75, 3.05) is 25.1 Å². The summed E-state index contributed by atoms with van der Waals surface area (Å²) in [5.41, 5.74) is -0.513. The quantitative estimate of drug-likeness (QED) is 0.776. The molecule has 0 aliphatic heterocycles. The SMILES string of the molecule is CCCN(CCC)c1nc(=O)n(C)c(OC)c1F. The molecule has 0 N–H and O–H groups in total. The van der Waals surface area contributed by atoms with Crippen LogP contribution in [0.25, 0.3) is 0 Å². The van der Waals surface area contributed by atoms with Gasteiger partial charge >= 0.3 is 5.69 Å². The zero-order valence-corrected chi connectivity index (χ0v) is 11.4. The molecule has 0 fully saturated rings. The molecule has 0 atom stereocenters. The molecule has 18 heavy (non-hydrogen) atoms. The summed E-state index contributed by atoms with van der Waals surface area (Å²) in [7, 11) is 2.77. The van der Waals surface area contributed by atoms with Gasteiger partial charge in [-0.3, -0.25) is 4.57 Å². The van der Waals surface area contributed by atoms with Gasteiger partial charge in [0.05, 0.1) is 7.11 Å². The minimum absolute atomic E-state index is 0.0813. The second-order valence-electron chi connectivity index (χ2n) is 4.09. The number of hydrogen-bond donors (Lipinski definition) is 0. The average molecular weight is 257 g/mol. The van der Waals surface area contributed by atoms with E-state index in [2.05, 4.69) is 4.98 Å². The molecule has 1 aromatic rings. The van der Waals surface area contributed by atoms with E-state index in [0.29, 0.717) is 13.1 Å². The monoisotopic (exact) mass is 257 g/mol. The summed E-state index contributed by atoms with van der Waals surface area (Å²) in [6.07, 6.45) is 1.72. The molecule has 0 aliphatic rings. The highest BCUT2D eigenvalue weighted by Gasteiger charge is 2.20. The number of methoxy groups -OCH3 is 1. The first-order valence-electron chi connectivity index (χ1n) is 6.12. The molecule has 0 saturated heterocycles. The van der Waals surface area contributed by atoms with Crippen LogP contribution in [0.1, 0.15) is 26.7 Å². The van der Waals surface area contributed by atoms with Gasteiger partial charge < -0.3 is 9.64 Å². The highest BCUT2D eigenvalue weighted by atomic mass is 19.1. The van der Waals surface area contributed by atoms with E-state index in [1.54, 1.807) is 4.90 Å². The van der Waals surface area contributed by atoms with Gasteiger partial charge in [0.15, 0.2) is 5.82 Å². The molecule has 0 radical (unpaired) electrons. The van der Waals surface area contributed by atoms with Crippen LogP contribution < -0.4 is 15.3 Å². The van der Waals surface area contributed by atoms with E-state index in [9.17, 15) is 9.18 Å². The lowest BCUT2D eigenvalue weighted by Gasteiger charge is -2.23. The van der Waals surface area contributed by atoms with Crippen molar-refractivity contribution in [2.45, 2.75) is 26.7 Å². The molecule has 1 heterocycles. The van der Waals surface area contributed by atoms with E-state index in [1.165, 1.54) is 14.2 Å². The predicted octanol–water partition coefficient (Wildman–Crippen LogP) is 1.55. The number of aromatic nitrogens is 2. The zero-order valence-electron chi connectivity index (χ0n) is 11.4. The first-order chi connectivity index (χ1) is 8.56. The van der Waals surface area contributed by atoms with Crippen molar-refractivity contribution in [1.82, 2.24) is 9.55 Å². The van der Waals surface area contributed by atoms with Gasteiger partial charge in [0.25, 0.3) is 0 Å². The number of anilines is 1. The normalized spacial score (nSPS) is 10.5. The van der Waals surface area contributed by atoms with Crippen molar-refractivity contribution >= 4 is 5.82 Å². The van der Waals surface area contributed by atoms with E-state index >= 15 is 0 Å². The highest BCUT2D eigenvalue weighted by Crippen LogP contribution is 2.23. The van der Waals surface area contributed by atoms with Gasteiger partial charge in [0.2, 0.25) is 11.7 Å². The molecule has 0 unspecified atom stereocenters. The Balaban J connectivity index is 3.30. The topological polar surface area (TPSA) is 47.4 Å². The molecule has 0 aromatic carbocycles. The molecular weight excluding hydrogens is 237 g/mol. The van der Waals surface area contributed by atoms with Crippen LogP contribution >= 0.6 is 0 Å². The lowest BCUT2D eigenvalue weighted by atomic mass is 10.3. The summed E-state index contributed by atoms with van der Waals surface area (Å²) in [5, 5.41) is 0. The average Bonchev–Trinajstić information content (AvgIpc) is 2.34. The standard InChI is InChI=1S/C12H20FN3O2/c1-5-7-16(8-6-2)10-9(13)11(18-4)15(3)12(17)14-10/h5-8H2,1-4H3. The summed E-state index contributed by atoms with van der Waals surface area (Å²) < 4.78 is 20.2. The van der Waals surface area contributed by atoms with Crippen molar-refractivity contribution < 1.29 is 9.13 Å². The number of nitrogens with zero attached hydrogens (tertiary/aromatic N) is 3. The van der Waals surface area contributed by atoms with Gasteiger partial charge in [0.1, 0.15) is 0 Å². The molecule has 0 amide bonds. The van der Waals surface area contributed by atoms with Gasteiger partial charge in [0, 0.05) is 20.1 Å². The maximum Gasteiger partial charge on any atom is 0.352 e. The summed E-state index contributed by atoms with van der Waals surface area (Å²) in [6, 6.07) is 0. The van der Waals surface area contributed by atoms with E-state index in [-0.39, 0.29) is 11.7 Å². The fraction of sp³-hybridized carbons (Fsp3) is 0.667.